The van der Waals surface area contributed by atoms with Crippen molar-refractivity contribution < 1.29 is 18.0 Å². The van der Waals surface area contributed by atoms with E-state index >= 15 is 0 Å². The van der Waals surface area contributed by atoms with E-state index < -0.39 is 28.5 Å². The van der Waals surface area contributed by atoms with Crippen molar-refractivity contribution in [3.8, 4) is 0 Å². The normalized spacial score (nSPS) is 12.8. The van der Waals surface area contributed by atoms with Gasteiger partial charge in [-0.05, 0) is 55.2 Å². The molecule has 0 aromatic heterocycles. The van der Waals surface area contributed by atoms with E-state index in [9.17, 15) is 18.0 Å². The van der Waals surface area contributed by atoms with E-state index in [4.69, 9.17) is 11.6 Å². The molecule has 3 rings (SSSR count). The first-order valence-corrected chi connectivity index (χ1v) is 15.1. The minimum absolute atomic E-state index is 0.0924. The Balaban J connectivity index is 2.07. The molecule has 0 heterocycles. The number of hydrogen-bond acceptors (Lipinski definition) is 4. The molecule has 3 aromatic rings. The fraction of sp³-hybridized carbons (Fsp3) is 0.333. The number of carbonyl (C=O) groups excluding carboxylic acids is 2. The molecule has 208 valence electrons. The van der Waals surface area contributed by atoms with Gasteiger partial charge in [0.2, 0.25) is 21.8 Å². The fourth-order valence-electron chi connectivity index (χ4n) is 4.21. The molecule has 7 nitrogen and oxygen atoms in total. The Morgan fingerprint density at radius 1 is 0.974 bits per heavy atom. The fourth-order valence-corrected chi connectivity index (χ4v) is 5.24. The molecule has 2 amide bonds. The number of aryl methyl sites for hydroxylation is 1. The molecular formula is C30H36ClN3O4S. The second kappa shape index (κ2) is 13.6. The highest BCUT2D eigenvalue weighted by Crippen LogP contribution is 2.23. The molecule has 3 aromatic carbocycles. The molecule has 0 radical (unpaired) electrons. The van der Waals surface area contributed by atoms with E-state index in [0.29, 0.717) is 5.02 Å². The predicted molar refractivity (Wildman–Crippen MR) is 157 cm³/mol. The lowest BCUT2D eigenvalue weighted by Gasteiger charge is -2.34. The van der Waals surface area contributed by atoms with Gasteiger partial charge >= 0.3 is 0 Å². The zero-order valence-electron chi connectivity index (χ0n) is 22.8. The lowest BCUT2D eigenvalue weighted by Crippen LogP contribution is -2.54. The van der Waals surface area contributed by atoms with Crippen LogP contribution < -0.4 is 9.62 Å². The van der Waals surface area contributed by atoms with Crippen molar-refractivity contribution in [2.45, 2.75) is 52.2 Å². The van der Waals surface area contributed by atoms with Crippen LogP contribution in [0.1, 0.15) is 37.0 Å². The minimum Gasteiger partial charge on any atom is -0.352 e. The summed E-state index contributed by atoms with van der Waals surface area (Å²) in [5.41, 5.74) is 3.00. The van der Waals surface area contributed by atoms with Gasteiger partial charge in [-0.1, -0.05) is 79.2 Å². The number of rotatable bonds is 12. The van der Waals surface area contributed by atoms with Crippen molar-refractivity contribution in [3.05, 3.63) is 101 Å². The van der Waals surface area contributed by atoms with Crippen molar-refractivity contribution in [2.75, 3.05) is 17.1 Å². The molecule has 0 aliphatic carbocycles. The quantitative estimate of drug-likeness (QED) is 0.334. The summed E-state index contributed by atoms with van der Waals surface area (Å²) in [6.07, 6.45) is 2.05. The minimum atomic E-state index is -3.85. The molecule has 1 N–H and O–H groups in total. The number of anilines is 1. The number of carbonyl (C=O) groups is 2. The number of nitrogens with zero attached hydrogens (tertiary/aromatic N) is 2. The largest absolute Gasteiger partial charge is 0.352 e. The van der Waals surface area contributed by atoms with Crippen LogP contribution in [0.4, 0.5) is 5.69 Å². The van der Waals surface area contributed by atoms with Crippen LogP contribution in [0, 0.1) is 6.92 Å². The van der Waals surface area contributed by atoms with Crippen LogP contribution in [0.5, 0.6) is 0 Å². The number of hydrogen-bond donors (Lipinski definition) is 1. The Morgan fingerprint density at radius 3 is 2.26 bits per heavy atom. The standard InChI is InChI=1S/C30H36ClN3O4S/c1-5-23(3)32-30(36)28(18-24-13-7-6-8-14-24)33(20-25-15-10-9-12-22(25)2)29(35)21-34(39(4,37)38)27-17-11-16-26(31)19-27/h6-17,19,23,28H,5,18,20-21H2,1-4H3,(H,32,36)/t23-,28+/m1/s1. The Bertz CT molecular complexity index is 1380. The highest BCUT2D eigenvalue weighted by atomic mass is 35.5. The summed E-state index contributed by atoms with van der Waals surface area (Å²) in [7, 11) is -3.85. The zero-order chi connectivity index (χ0) is 28.6. The molecular weight excluding hydrogens is 534 g/mol. The van der Waals surface area contributed by atoms with Crippen molar-refractivity contribution >= 4 is 39.1 Å². The molecule has 39 heavy (non-hydrogen) atoms. The van der Waals surface area contributed by atoms with Crippen LogP contribution in [-0.2, 0) is 32.6 Å². The van der Waals surface area contributed by atoms with Crippen molar-refractivity contribution in [1.82, 2.24) is 10.2 Å². The molecule has 0 aliphatic rings. The molecule has 2 atom stereocenters. The second-order valence-corrected chi connectivity index (χ2v) is 12.1. The maximum Gasteiger partial charge on any atom is 0.244 e. The first-order valence-electron chi connectivity index (χ1n) is 12.9. The molecule has 9 heteroatoms. The molecule has 0 saturated carbocycles. The molecule has 0 saturated heterocycles. The Kier molecular flexibility index (Phi) is 10.5. The number of sulfonamides is 1. The average molecular weight is 570 g/mol. The smallest absolute Gasteiger partial charge is 0.244 e. The number of halogens is 1. The lowest BCUT2D eigenvalue weighted by atomic mass is 10.0. The van der Waals surface area contributed by atoms with Crippen molar-refractivity contribution in [3.63, 3.8) is 0 Å². The van der Waals surface area contributed by atoms with Gasteiger partial charge in [-0.2, -0.15) is 0 Å². The van der Waals surface area contributed by atoms with Crippen molar-refractivity contribution in [1.29, 1.82) is 0 Å². The van der Waals surface area contributed by atoms with E-state index in [1.165, 1.54) is 11.0 Å². The number of benzene rings is 3. The SMILES string of the molecule is CC[C@@H](C)NC(=O)[C@H](Cc1ccccc1)N(Cc1ccccc1C)C(=O)CN(c1cccc(Cl)c1)S(C)(=O)=O. The summed E-state index contributed by atoms with van der Waals surface area (Å²) >= 11 is 6.14. The van der Waals surface area contributed by atoms with E-state index in [2.05, 4.69) is 5.32 Å². The van der Waals surface area contributed by atoms with Crippen LogP contribution in [0.25, 0.3) is 0 Å². The number of amides is 2. The van der Waals surface area contributed by atoms with Gasteiger partial charge in [-0.15, -0.1) is 0 Å². The van der Waals surface area contributed by atoms with Gasteiger partial charge in [0.05, 0.1) is 11.9 Å². The molecule has 0 bridgehead atoms. The third kappa shape index (κ3) is 8.57. The van der Waals surface area contributed by atoms with Crippen LogP contribution in [0.2, 0.25) is 5.02 Å². The highest BCUT2D eigenvalue weighted by Gasteiger charge is 2.33. The zero-order valence-corrected chi connectivity index (χ0v) is 24.4. The van der Waals surface area contributed by atoms with Gasteiger partial charge in [0, 0.05) is 24.0 Å². The average Bonchev–Trinajstić information content (AvgIpc) is 2.89. The van der Waals surface area contributed by atoms with E-state index in [-0.39, 0.29) is 30.6 Å². The van der Waals surface area contributed by atoms with Gasteiger partial charge in [0.15, 0.2) is 0 Å². The van der Waals surface area contributed by atoms with E-state index in [1.807, 2.05) is 75.4 Å². The summed E-state index contributed by atoms with van der Waals surface area (Å²) in [5, 5.41) is 3.37. The second-order valence-electron chi connectivity index (χ2n) is 9.72. The Labute approximate surface area is 236 Å². The van der Waals surface area contributed by atoms with Gasteiger partial charge in [-0.25, -0.2) is 8.42 Å². The van der Waals surface area contributed by atoms with Crippen LogP contribution >= 0.6 is 11.6 Å². The third-order valence-electron chi connectivity index (χ3n) is 6.65. The monoisotopic (exact) mass is 569 g/mol. The Morgan fingerprint density at radius 2 is 1.64 bits per heavy atom. The van der Waals surface area contributed by atoms with E-state index in [0.717, 1.165) is 33.7 Å². The summed E-state index contributed by atoms with van der Waals surface area (Å²) in [4.78, 5) is 29.2. The van der Waals surface area contributed by atoms with Gasteiger partial charge in [0.1, 0.15) is 12.6 Å². The van der Waals surface area contributed by atoms with Crippen molar-refractivity contribution in [2.24, 2.45) is 0 Å². The maximum absolute atomic E-state index is 14.1. The molecule has 0 unspecified atom stereocenters. The summed E-state index contributed by atoms with van der Waals surface area (Å²) in [6.45, 7) is 5.49. The third-order valence-corrected chi connectivity index (χ3v) is 8.03. The highest BCUT2D eigenvalue weighted by molar-refractivity contribution is 7.92. The molecule has 0 aliphatic heterocycles. The van der Waals surface area contributed by atoms with E-state index in [1.54, 1.807) is 18.2 Å². The molecule has 0 spiro atoms. The summed E-state index contributed by atoms with van der Waals surface area (Å²) in [6, 6.07) is 22.5. The summed E-state index contributed by atoms with van der Waals surface area (Å²) < 4.78 is 26.7. The first kappa shape index (κ1) is 30.2. The first-order chi connectivity index (χ1) is 18.5. The van der Waals surface area contributed by atoms with Gasteiger partial charge in [-0.3, -0.25) is 13.9 Å². The van der Waals surface area contributed by atoms with Crippen LogP contribution in [0.3, 0.4) is 0 Å². The van der Waals surface area contributed by atoms with Crippen LogP contribution in [-0.4, -0.2) is 50.0 Å². The molecule has 0 fully saturated rings. The Hall–Kier alpha value is -3.36. The van der Waals surface area contributed by atoms with Gasteiger partial charge in [0.25, 0.3) is 0 Å². The van der Waals surface area contributed by atoms with Gasteiger partial charge < -0.3 is 10.2 Å². The van der Waals surface area contributed by atoms with Crippen LogP contribution in [0.15, 0.2) is 78.9 Å². The predicted octanol–water partition coefficient (Wildman–Crippen LogP) is 4.97. The number of nitrogens with one attached hydrogen (secondary N) is 1. The topological polar surface area (TPSA) is 86.8 Å². The lowest BCUT2D eigenvalue weighted by molar-refractivity contribution is -0.140. The maximum atomic E-state index is 14.1. The summed E-state index contributed by atoms with van der Waals surface area (Å²) in [5.74, 6) is -0.785.